The van der Waals surface area contributed by atoms with Crippen LogP contribution in [0.4, 0.5) is 0 Å². The number of ether oxygens (including phenoxy) is 2. The minimum atomic E-state index is -0.00101. The Balaban J connectivity index is 1.68. The molecule has 2 aliphatic rings. The van der Waals surface area contributed by atoms with Crippen molar-refractivity contribution in [2.75, 3.05) is 13.7 Å². The van der Waals surface area contributed by atoms with Gasteiger partial charge in [-0.15, -0.1) is 0 Å². The summed E-state index contributed by atoms with van der Waals surface area (Å²) in [7, 11) is 1.58. The van der Waals surface area contributed by atoms with E-state index in [9.17, 15) is 4.79 Å². The molecular weight excluding hydrogens is 266 g/mol. The fourth-order valence-corrected chi connectivity index (χ4v) is 2.95. The van der Waals surface area contributed by atoms with Crippen molar-refractivity contribution in [3.8, 4) is 5.75 Å². The number of pyridine rings is 1. The molecule has 2 saturated carbocycles. The van der Waals surface area contributed by atoms with Gasteiger partial charge in [-0.2, -0.15) is 0 Å². The highest BCUT2D eigenvalue weighted by molar-refractivity contribution is 5.30. The predicted molar refractivity (Wildman–Crippen MR) is 82.1 cm³/mol. The maximum atomic E-state index is 12.4. The second-order valence-electron chi connectivity index (χ2n) is 6.30. The Kier molecular flexibility index (Phi) is 4.34. The average molecular weight is 291 g/mol. The van der Waals surface area contributed by atoms with Crippen LogP contribution in [0.2, 0.25) is 0 Å². The van der Waals surface area contributed by atoms with Crippen molar-refractivity contribution in [3.05, 3.63) is 28.2 Å². The van der Waals surface area contributed by atoms with Crippen molar-refractivity contribution in [2.45, 2.75) is 63.5 Å². The Morgan fingerprint density at radius 1 is 1.33 bits per heavy atom. The molecule has 2 aliphatic carbocycles. The van der Waals surface area contributed by atoms with Crippen LogP contribution in [0, 0.1) is 0 Å². The van der Waals surface area contributed by atoms with Gasteiger partial charge in [0.1, 0.15) is 0 Å². The first-order chi connectivity index (χ1) is 10.2. The number of hydrogen-bond acceptors (Lipinski definition) is 3. The molecule has 3 rings (SSSR count). The van der Waals surface area contributed by atoms with Crippen LogP contribution in [0.25, 0.3) is 0 Å². The molecule has 0 aliphatic heterocycles. The lowest BCUT2D eigenvalue weighted by molar-refractivity contribution is -0.0278. The van der Waals surface area contributed by atoms with Crippen LogP contribution in [0.15, 0.2) is 17.1 Å². The largest absolute Gasteiger partial charge is 0.491 e. The van der Waals surface area contributed by atoms with E-state index in [4.69, 9.17) is 9.47 Å². The zero-order valence-electron chi connectivity index (χ0n) is 13.0. The summed E-state index contributed by atoms with van der Waals surface area (Å²) in [6.45, 7) is 3.01. The fraction of sp³-hybridized carbons (Fsp3) is 0.706. The lowest BCUT2D eigenvalue weighted by atomic mass is 9.88. The van der Waals surface area contributed by atoms with Crippen molar-refractivity contribution in [1.82, 2.24) is 4.57 Å². The van der Waals surface area contributed by atoms with Gasteiger partial charge in [-0.1, -0.05) is 13.3 Å². The summed E-state index contributed by atoms with van der Waals surface area (Å²) in [6.07, 6.45) is 9.01. The van der Waals surface area contributed by atoms with E-state index in [1.165, 1.54) is 18.4 Å². The molecule has 4 nitrogen and oxygen atoms in total. The summed E-state index contributed by atoms with van der Waals surface area (Å²) in [6, 6.07) is 2.20. The molecule has 4 heteroatoms. The predicted octanol–water partition coefficient (Wildman–Crippen LogP) is 3.25. The summed E-state index contributed by atoms with van der Waals surface area (Å²) >= 11 is 0. The first kappa shape index (κ1) is 14.6. The first-order valence-corrected chi connectivity index (χ1v) is 8.14. The second-order valence-corrected chi connectivity index (χ2v) is 6.30. The third kappa shape index (κ3) is 3.15. The monoisotopic (exact) mass is 291 g/mol. The zero-order valence-corrected chi connectivity index (χ0v) is 13.0. The molecule has 21 heavy (non-hydrogen) atoms. The summed E-state index contributed by atoms with van der Waals surface area (Å²) in [5, 5.41) is 0. The molecule has 0 atom stereocenters. The number of nitrogens with zero attached hydrogens (tertiary/aromatic N) is 1. The van der Waals surface area contributed by atoms with Crippen molar-refractivity contribution >= 4 is 0 Å². The van der Waals surface area contributed by atoms with E-state index in [0.717, 1.165) is 32.3 Å². The molecule has 0 amide bonds. The Labute approximate surface area is 126 Å². The maximum absolute atomic E-state index is 12.4. The Morgan fingerprint density at radius 3 is 2.71 bits per heavy atom. The van der Waals surface area contributed by atoms with E-state index in [2.05, 4.69) is 13.1 Å². The molecule has 116 valence electrons. The topological polar surface area (TPSA) is 40.5 Å². The van der Waals surface area contributed by atoms with Crippen LogP contribution in [0.1, 0.15) is 63.0 Å². The summed E-state index contributed by atoms with van der Waals surface area (Å²) in [5.74, 6) is 1.11. The average Bonchev–Trinajstić information content (AvgIpc) is 3.27. The van der Waals surface area contributed by atoms with Gasteiger partial charge in [0.15, 0.2) is 5.75 Å². The van der Waals surface area contributed by atoms with Crippen LogP contribution in [0.3, 0.4) is 0 Å². The third-order valence-corrected chi connectivity index (χ3v) is 4.61. The molecule has 0 bridgehead atoms. The molecule has 0 unspecified atom stereocenters. The van der Waals surface area contributed by atoms with E-state index in [0.29, 0.717) is 17.8 Å². The highest BCUT2D eigenvalue weighted by atomic mass is 16.5. The highest BCUT2D eigenvalue weighted by Gasteiger charge is 2.33. The number of hydrogen-bond donors (Lipinski definition) is 0. The van der Waals surface area contributed by atoms with Crippen molar-refractivity contribution in [3.63, 3.8) is 0 Å². The molecule has 0 aromatic carbocycles. The van der Waals surface area contributed by atoms with Crippen molar-refractivity contribution in [2.24, 2.45) is 0 Å². The minimum absolute atomic E-state index is 0.00101. The Hall–Kier alpha value is -1.29. The molecule has 0 spiro atoms. The lowest BCUT2D eigenvalue weighted by Crippen LogP contribution is -2.38. The molecule has 0 saturated heterocycles. The second kappa shape index (κ2) is 6.22. The summed E-state index contributed by atoms with van der Waals surface area (Å²) in [4.78, 5) is 12.4. The third-order valence-electron chi connectivity index (χ3n) is 4.61. The quantitative estimate of drug-likeness (QED) is 0.724. The molecule has 0 radical (unpaired) electrons. The molecule has 0 N–H and O–H groups in total. The van der Waals surface area contributed by atoms with Gasteiger partial charge in [-0.3, -0.25) is 4.79 Å². The van der Waals surface area contributed by atoms with Gasteiger partial charge in [0, 0.05) is 18.8 Å². The van der Waals surface area contributed by atoms with E-state index in [1.807, 2.05) is 10.6 Å². The van der Waals surface area contributed by atoms with Crippen LogP contribution in [-0.4, -0.2) is 24.4 Å². The number of methoxy groups -OCH3 is 1. The summed E-state index contributed by atoms with van der Waals surface area (Å²) in [5.41, 5.74) is 1.25. The molecule has 1 aromatic rings. The van der Waals surface area contributed by atoms with Crippen molar-refractivity contribution < 1.29 is 9.47 Å². The Morgan fingerprint density at radius 2 is 2.10 bits per heavy atom. The number of unbranched alkanes of at least 4 members (excludes halogenated alkanes) is 1. The SMILES string of the molecule is CCCCO[C@H]1C[C@@H](n2cc(C3CC3)cc(OC)c2=O)C1. The number of rotatable bonds is 7. The van der Waals surface area contributed by atoms with E-state index in [-0.39, 0.29) is 11.6 Å². The van der Waals surface area contributed by atoms with E-state index in [1.54, 1.807) is 7.11 Å². The fourth-order valence-electron chi connectivity index (χ4n) is 2.95. The van der Waals surface area contributed by atoms with Gasteiger partial charge >= 0.3 is 0 Å². The van der Waals surface area contributed by atoms with E-state index >= 15 is 0 Å². The normalized spacial score (nSPS) is 24.7. The molecule has 1 heterocycles. The van der Waals surface area contributed by atoms with Gasteiger partial charge in [0.25, 0.3) is 5.56 Å². The number of aromatic nitrogens is 1. The van der Waals surface area contributed by atoms with Crippen LogP contribution < -0.4 is 10.3 Å². The maximum Gasteiger partial charge on any atom is 0.293 e. The molecular formula is C17H25NO3. The molecule has 1 aromatic heterocycles. The van der Waals surface area contributed by atoms with E-state index < -0.39 is 0 Å². The minimum Gasteiger partial charge on any atom is -0.491 e. The Bertz CT molecular complexity index is 541. The molecule has 2 fully saturated rings. The van der Waals surface area contributed by atoms with Crippen LogP contribution in [0.5, 0.6) is 5.75 Å². The lowest BCUT2D eigenvalue weighted by Gasteiger charge is -2.36. The van der Waals surface area contributed by atoms with Gasteiger partial charge < -0.3 is 14.0 Å². The van der Waals surface area contributed by atoms with Gasteiger partial charge in [0.2, 0.25) is 0 Å². The first-order valence-electron chi connectivity index (χ1n) is 8.14. The highest BCUT2D eigenvalue weighted by Crippen LogP contribution is 2.41. The zero-order chi connectivity index (χ0) is 14.8. The van der Waals surface area contributed by atoms with Gasteiger partial charge in [-0.05, 0) is 49.7 Å². The van der Waals surface area contributed by atoms with Gasteiger partial charge in [-0.25, -0.2) is 0 Å². The summed E-state index contributed by atoms with van der Waals surface area (Å²) < 4.78 is 13.0. The van der Waals surface area contributed by atoms with Gasteiger partial charge in [0.05, 0.1) is 13.2 Å². The van der Waals surface area contributed by atoms with Crippen LogP contribution >= 0.6 is 0 Å². The van der Waals surface area contributed by atoms with Crippen molar-refractivity contribution in [1.29, 1.82) is 0 Å². The van der Waals surface area contributed by atoms with Crippen LogP contribution in [-0.2, 0) is 4.74 Å². The smallest absolute Gasteiger partial charge is 0.293 e. The standard InChI is InChI=1S/C17H25NO3/c1-3-4-7-21-15-9-14(10-15)18-11-13(12-5-6-12)8-16(20-2)17(18)19/h8,11-12,14-15H,3-7,9-10H2,1-2H3/t14-,15+.